The van der Waals surface area contributed by atoms with E-state index in [0.29, 0.717) is 23.7 Å². The van der Waals surface area contributed by atoms with Gasteiger partial charge in [0.15, 0.2) is 0 Å². The topological polar surface area (TPSA) is 71.8 Å². The standard InChI is InChI=1S/C29H27BrClN3O4S/c1-20-25(29(35)32-15-17-33(18-16-32)39(36,37)24-13-9-22(30)10-14-24)19-28(21-7-11-23(38-2)12-8-21)34(20)27-6-4-3-5-26(27)31/h3-14,19H,15-18H2,1-2H3. The van der Waals surface area contributed by atoms with Gasteiger partial charge in [0.2, 0.25) is 10.0 Å². The van der Waals surface area contributed by atoms with Gasteiger partial charge < -0.3 is 14.2 Å². The Morgan fingerprint density at radius 3 is 2.18 bits per heavy atom. The Kier molecular flexibility index (Phi) is 7.87. The smallest absolute Gasteiger partial charge is 0.255 e. The molecule has 0 N–H and O–H groups in total. The van der Waals surface area contributed by atoms with E-state index in [9.17, 15) is 13.2 Å². The number of ether oxygens (including phenoxy) is 1. The molecule has 5 rings (SSSR count). The van der Waals surface area contributed by atoms with E-state index >= 15 is 0 Å². The number of methoxy groups -OCH3 is 1. The molecule has 0 spiro atoms. The van der Waals surface area contributed by atoms with E-state index in [1.807, 2.05) is 66.1 Å². The van der Waals surface area contributed by atoms with E-state index in [-0.39, 0.29) is 23.9 Å². The van der Waals surface area contributed by atoms with E-state index in [4.69, 9.17) is 16.3 Å². The zero-order valence-electron chi connectivity index (χ0n) is 21.5. The van der Waals surface area contributed by atoms with Gasteiger partial charge in [-0.2, -0.15) is 4.31 Å². The van der Waals surface area contributed by atoms with Crippen molar-refractivity contribution in [3.05, 3.63) is 99.6 Å². The summed E-state index contributed by atoms with van der Waals surface area (Å²) in [5.74, 6) is 0.590. The van der Waals surface area contributed by atoms with Crippen molar-refractivity contribution < 1.29 is 17.9 Å². The number of benzene rings is 3. The molecule has 202 valence electrons. The van der Waals surface area contributed by atoms with Crippen LogP contribution in [0.5, 0.6) is 5.75 Å². The van der Waals surface area contributed by atoms with Gasteiger partial charge in [0.05, 0.1) is 34.0 Å². The molecule has 0 saturated carbocycles. The highest BCUT2D eigenvalue weighted by Gasteiger charge is 2.32. The molecule has 1 saturated heterocycles. The minimum Gasteiger partial charge on any atom is -0.497 e. The summed E-state index contributed by atoms with van der Waals surface area (Å²) in [6.45, 7) is 2.93. The molecule has 1 amide bonds. The number of carbonyl (C=O) groups is 1. The van der Waals surface area contributed by atoms with Gasteiger partial charge in [0.25, 0.3) is 5.91 Å². The van der Waals surface area contributed by atoms with Gasteiger partial charge in [0, 0.05) is 36.3 Å². The number of nitrogens with zero attached hydrogens (tertiary/aromatic N) is 3. The van der Waals surface area contributed by atoms with Crippen LogP contribution in [-0.4, -0.2) is 61.4 Å². The van der Waals surface area contributed by atoms with E-state index < -0.39 is 10.0 Å². The predicted octanol–water partition coefficient (Wildman–Crippen LogP) is 6.02. The molecule has 2 heterocycles. The fourth-order valence-electron chi connectivity index (χ4n) is 4.80. The normalized spacial score (nSPS) is 14.4. The summed E-state index contributed by atoms with van der Waals surface area (Å²) in [7, 11) is -2.02. The third kappa shape index (κ3) is 5.36. The SMILES string of the molecule is COc1ccc(-c2cc(C(=O)N3CCN(S(=O)(=O)c4ccc(Br)cc4)CC3)c(C)n2-c2ccccc2Cl)cc1. The van der Waals surface area contributed by atoms with Crippen molar-refractivity contribution >= 4 is 43.5 Å². The molecule has 0 unspecified atom stereocenters. The molecule has 0 bridgehead atoms. The maximum atomic E-state index is 13.8. The van der Waals surface area contributed by atoms with Crippen LogP contribution >= 0.6 is 27.5 Å². The maximum absolute atomic E-state index is 13.8. The molecule has 4 aromatic rings. The van der Waals surface area contributed by atoms with Crippen LogP contribution in [0.4, 0.5) is 0 Å². The Labute approximate surface area is 241 Å². The molecular weight excluding hydrogens is 602 g/mol. The quantitative estimate of drug-likeness (QED) is 0.262. The van der Waals surface area contributed by atoms with Gasteiger partial charge in [-0.25, -0.2) is 8.42 Å². The van der Waals surface area contributed by atoms with Gasteiger partial charge in [-0.1, -0.05) is 39.7 Å². The van der Waals surface area contributed by atoms with Gasteiger partial charge in [-0.3, -0.25) is 4.79 Å². The van der Waals surface area contributed by atoms with Crippen LogP contribution in [0.2, 0.25) is 5.02 Å². The Morgan fingerprint density at radius 2 is 1.56 bits per heavy atom. The van der Waals surface area contributed by atoms with Crippen molar-refractivity contribution in [1.82, 2.24) is 13.8 Å². The lowest BCUT2D eigenvalue weighted by molar-refractivity contribution is 0.0697. The van der Waals surface area contributed by atoms with Crippen molar-refractivity contribution in [2.45, 2.75) is 11.8 Å². The molecule has 1 aliphatic heterocycles. The first-order valence-electron chi connectivity index (χ1n) is 12.4. The maximum Gasteiger partial charge on any atom is 0.255 e. The summed E-state index contributed by atoms with van der Waals surface area (Å²) in [6.07, 6.45) is 0. The largest absolute Gasteiger partial charge is 0.497 e. The highest BCUT2D eigenvalue weighted by atomic mass is 79.9. The van der Waals surface area contributed by atoms with Gasteiger partial charge >= 0.3 is 0 Å². The van der Waals surface area contributed by atoms with Crippen LogP contribution in [0.1, 0.15) is 16.1 Å². The number of rotatable bonds is 6. The number of hydrogen-bond acceptors (Lipinski definition) is 4. The predicted molar refractivity (Wildman–Crippen MR) is 156 cm³/mol. The Morgan fingerprint density at radius 1 is 0.923 bits per heavy atom. The summed E-state index contributed by atoms with van der Waals surface area (Å²) in [4.78, 5) is 15.7. The number of aromatic nitrogens is 1. The molecule has 1 fully saturated rings. The van der Waals surface area contributed by atoms with Crippen molar-refractivity contribution in [3.8, 4) is 22.7 Å². The molecule has 10 heteroatoms. The minimum absolute atomic E-state index is 0.145. The van der Waals surface area contributed by atoms with E-state index in [1.165, 1.54) is 4.31 Å². The van der Waals surface area contributed by atoms with Crippen molar-refractivity contribution in [2.24, 2.45) is 0 Å². The summed E-state index contributed by atoms with van der Waals surface area (Å²) in [6, 6.07) is 23.6. The summed E-state index contributed by atoms with van der Waals surface area (Å²) in [5.41, 5.74) is 3.80. The number of amides is 1. The van der Waals surface area contributed by atoms with Crippen molar-refractivity contribution in [2.75, 3.05) is 33.3 Å². The van der Waals surface area contributed by atoms with Crippen LogP contribution in [0.3, 0.4) is 0 Å². The van der Waals surface area contributed by atoms with Crippen LogP contribution in [0.15, 0.2) is 88.2 Å². The van der Waals surface area contributed by atoms with Gasteiger partial charge in [-0.15, -0.1) is 0 Å². The number of carbonyl (C=O) groups excluding carboxylic acids is 1. The summed E-state index contributed by atoms with van der Waals surface area (Å²) >= 11 is 9.93. The van der Waals surface area contributed by atoms with Crippen LogP contribution in [0.25, 0.3) is 16.9 Å². The van der Waals surface area contributed by atoms with Crippen molar-refractivity contribution in [3.63, 3.8) is 0 Å². The molecule has 0 radical (unpaired) electrons. The first-order chi connectivity index (χ1) is 18.7. The van der Waals surface area contributed by atoms with Gasteiger partial charge in [0.1, 0.15) is 5.75 Å². The fraction of sp³-hybridized carbons (Fsp3) is 0.207. The lowest BCUT2D eigenvalue weighted by Gasteiger charge is -2.34. The average molecular weight is 629 g/mol. The minimum atomic E-state index is -3.64. The van der Waals surface area contributed by atoms with Crippen molar-refractivity contribution in [1.29, 1.82) is 0 Å². The van der Waals surface area contributed by atoms with Crippen LogP contribution in [0, 0.1) is 6.92 Å². The Bertz CT molecular complexity index is 1610. The van der Waals surface area contributed by atoms with E-state index in [0.717, 1.165) is 32.9 Å². The highest BCUT2D eigenvalue weighted by Crippen LogP contribution is 2.34. The second-order valence-electron chi connectivity index (χ2n) is 9.19. The zero-order chi connectivity index (χ0) is 27.7. The molecule has 3 aromatic carbocycles. The number of para-hydroxylation sites is 1. The number of sulfonamides is 1. The van der Waals surface area contributed by atoms with E-state index in [1.54, 1.807) is 36.3 Å². The van der Waals surface area contributed by atoms with Crippen LogP contribution in [-0.2, 0) is 10.0 Å². The third-order valence-corrected chi connectivity index (χ3v) is 9.70. The average Bonchev–Trinajstić information content (AvgIpc) is 3.29. The summed E-state index contributed by atoms with van der Waals surface area (Å²) < 4.78 is 35.8. The fourth-order valence-corrected chi connectivity index (χ4v) is 6.71. The number of hydrogen-bond donors (Lipinski definition) is 0. The second kappa shape index (κ2) is 11.2. The van der Waals surface area contributed by atoms with Gasteiger partial charge in [-0.05, 0) is 79.2 Å². The molecule has 1 aliphatic rings. The lowest BCUT2D eigenvalue weighted by Crippen LogP contribution is -2.50. The Hall–Kier alpha value is -3.11. The molecular formula is C29H27BrClN3O4S. The highest BCUT2D eigenvalue weighted by molar-refractivity contribution is 9.10. The third-order valence-electron chi connectivity index (χ3n) is 6.93. The zero-order valence-corrected chi connectivity index (χ0v) is 24.6. The molecule has 0 atom stereocenters. The number of piperazine rings is 1. The molecule has 0 aliphatic carbocycles. The first kappa shape index (κ1) is 27.5. The van der Waals surface area contributed by atoms with Crippen LogP contribution < -0.4 is 4.74 Å². The molecule has 7 nitrogen and oxygen atoms in total. The second-order valence-corrected chi connectivity index (χ2v) is 12.5. The molecule has 1 aromatic heterocycles. The monoisotopic (exact) mass is 627 g/mol. The summed E-state index contributed by atoms with van der Waals surface area (Å²) in [5, 5.41) is 0.566. The van der Waals surface area contributed by atoms with E-state index in [2.05, 4.69) is 15.9 Å². The molecule has 39 heavy (non-hydrogen) atoms. The Balaban J connectivity index is 1.44. The number of halogens is 2. The first-order valence-corrected chi connectivity index (χ1v) is 15.0. The lowest BCUT2D eigenvalue weighted by atomic mass is 10.1.